The summed E-state index contributed by atoms with van der Waals surface area (Å²) in [6, 6.07) is 11.5. The van der Waals surface area contributed by atoms with E-state index < -0.39 is 5.97 Å². The minimum Gasteiger partial charge on any atom is -0.460 e. The van der Waals surface area contributed by atoms with Crippen LogP contribution in [-0.4, -0.2) is 45.8 Å². The van der Waals surface area contributed by atoms with Crippen LogP contribution in [0.25, 0.3) is 11.0 Å². The fraction of sp³-hybridized carbons (Fsp3) is 0.105. The van der Waals surface area contributed by atoms with Crippen LogP contribution >= 0.6 is 0 Å². The zero-order valence-corrected chi connectivity index (χ0v) is 13.6. The standard InChI is InChI=1S/C19H13N3O4/c23-17-13-3-1-2-4-14(13)18(24)22(17)9-10-26-19(25)12-5-6-15-16(11-12)21-8-7-20-15/h1-8,11H,9-10H2. The minimum absolute atomic E-state index is 0.00543. The number of esters is 1. The molecule has 0 saturated carbocycles. The summed E-state index contributed by atoms with van der Waals surface area (Å²) < 4.78 is 5.20. The van der Waals surface area contributed by atoms with E-state index in [4.69, 9.17) is 4.74 Å². The van der Waals surface area contributed by atoms with Gasteiger partial charge in [0.1, 0.15) is 6.61 Å². The lowest BCUT2D eigenvalue weighted by atomic mass is 10.1. The van der Waals surface area contributed by atoms with Gasteiger partial charge in [0.05, 0.1) is 34.3 Å². The van der Waals surface area contributed by atoms with Crippen LogP contribution in [-0.2, 0) is 4.74 Å². The first-order valence-corrected chi connectivity index (χ1v) is 7.98. The third kappa shape index (κ3) is 2.69. The maximum absolute atomic E-state index is 12.2. The van der Waals surface area contributed by atoms with Crippen molar-refractivity contribution in [2.24, 2.45) is 0 Å². The molecule has 7 heteroatoms. The molecular weight excluding hydrogens is 334 g/mol. The van der Waals surface area contributed by atoms with Crippen molar-refractivity contribution in [1.29, 1.82) is 0 Å². The highest BCUT2D eigenvalue weighted by atomic mass is 16.5. The van der Waals surface area contributed by atoms with Gasteiger partial charge in [0, 0.05) is 12.4 Å². The molecular formula is C19H13N3O4. The molecule has 7 nitrogen and oxygen atoms in total. The molecule has 3 aromatic rings. The summed E-state index contributed by atoms with van der Waals surface area (Å²) in [7, 11) is 0. The number of amides is 2. The largest absolute Gasteiger partial charge is 0.460 e. The molecule has 1 aliphatic rings. The number of imide groups is 1. The summed E-state index contributed by atoms with van der Waals surface area (Å²) in [4.78, 5) is 46.0. The number of benzene rings is 2. The number of aromatic nitrogens is 2. The Kier molecular flexibility index (Phi) is 3.89. The van der Waals surface area contributed by atoms with Gasteiger partial charge in [0.15, 0.2) is 0 Å². The van der Waals surface area contributed by atoms with Crippen molar-refractivity contribution in [2.75, 3.05) is 13.2 Å². The first kappa shape index (κ1) is 15.9. The van der Waals surface area contributed by atoms with E-state index in [-0.39, 0.29) is 25.0 Å². The molecule has 1 aliphatic heterocycles. The van der Waals surface area contributed by atoms with Gasteiger partial charge in [-0.1, -0.05) is 12.1 Å². The van der Waals surface area contributed by atoms with Gasteiger partial charge in [-0.05, 0) is 30.3 Å². The highest BCUT2D eigenvalue weighted by molar-refractivity contribution is 6.21. The number of ether oxygens (including phenoxy) is 1. The smallest absolute Gasteiger partial charge is 0.338 e. The fourth-order valence-corrected chi connectivity index (χ4v) is 2.85. The molecule has 0 saturated heterocycles. The molecule has 128 valence electrons. The lowest BCUT2D eigenvalue weighted by Gasteiger charge is -2.13. The molecule has 1 aromatic heterocycles. The van der Waals surface area contributed by atoms with Crippen molar-refractivity contribution in [3.63, 3.8) is 0 Å². The van der Waals surface area contributed by atoms with Crippen LogP contribution in [0.2, 0.25) is 0 Å². The van der Waals surface area contributed by atoms with E-state index in [1.54, 1.807) is 54.9 Å². The SMILES string of the molecule is O=C(OCCN1C(=O)c2ccccc2C1=O)c1ccc2nccnc2c1. The van der Waals surface area contributed by atoms with Gasteiger partial charge in [-0.25, -0.2) is 4.79 Å². The lowest BCUT2D eigenvalue weighted by molar-refractivity contribution is 0.0420. The number of carbonyl (C=O) groups excluding carboxylic acids is 3. The first-order valence-electron chi connectivity index (χ1n) is 7.98. The van der Waals surface area contributed by atoms with Crippen molar-refractivity contribution in [2.45, 2.75) is 0 Å². The first-order chi connectivity index (χ1) is 12.6. The topological polar surface area (TPSA) is 89.5 Å². The summed E-state index contributed by atoms with van der Waals surface area (Å²) in [6.45, 7) is -0.0751. The van der Waals surface area contributed by atoms with Gasteiger partial charge in [-0.2, -0.15) is 0 Å². The van der Waals surface area contributed by atoms with Crippen LogP contribution in [0.5, 0.6) is 0 Å². The number of fused-ring (bicyclic) bond motifs is 2. The average Bonchev–Trinajstić information content (AvgIpc) is 2.92. The second-order valence-electron chi connectivity index (χ2n) is 5.70. The Bertz CT molecular complexity index is 1010. The van der Waals surface area contributed by atoms with Gasteiger partial charge in [0.25, 0.3) is 11.8 Å². The Morgan fingerprint density at radius 1 is 0.923 bits per heavy atom. The van der Waals surface area contributed by atoms with Crippen LogP contribution in [0.15, 0.2) is 54.9 Å². The fourth-order valence-electron chi connectivity index (χ4n) is 2.85. The molecule has 2 amide bonds. The van der Waals surface area contributed by atoms with E-state index in [0.717, 1.165) is 4.90 Å². The van der Waals surface area contributed by atoms with E-state index in [0.29, 0.717) is 27.7 Å². The Labute approximate surface area is 148 Å². The van der Waals surface area contributed by atoms with Crippen LogP contribution in [0.4, 0.5) is 0 Å². The molecule has 0 unspecified atom stereocenters. The highest BCUT2D eigenvalue weighted by Gasteiger charge is 2.34. The molecule has 26 heavy (non-hydrogen) atoms. The van der Waals surface area contributed by atoms with E-state index >= 15 is 0 Å². The second-order valence-corrected chi connectivity index (χ2v) is 5.70. The second kappa shape index (κ2) is 6.36. The molecule has 0 radical (unpaired) electrons. The van der Waals surface area contributed by atoms with E-state index in [1.807, 2.05) is 0 Å². The number of rotatable bonds is 4. The van der Waals surface area contributed by atoms with Gasteiger partial charge < -0.3 is 4.74 Å². The Morgan fingerprint density at radius 3 is 2.27 bits per heavy atom. The Morgan fingerprint density at radius 2 is 1.58 bits per heavy atom. The molecule has 0 fully saturated rings. The predicted molar refractivity (Wildman–Crippen MR) is 91.6 cm³/mol. The van der Waals surface area contributed by atoms with Gasteiger partial charge in [-0.15, -0.1) is 0 Å². The van der Waals surface area contributed by atoms with Gasteiger partial charge >= 0.3 is 5.97 Å². The summed E-state index contributed by atoms with van der Waals surface area (Å²) in [5, 5.41) is 0. The van der Waals surface area contributed by atoms with Crippen LogP contribution < -0.4 is 0 Å². The maximum atomic E-state index is 12.2. The number of hydrogen-bond acceptors (Lipinski definition) is 6. The molecule has 0 N–H and O–H groups in total. The third-order valence-electron chi connectivity index (χ3n) is 4.13. The average molecular weight is 347 g/mol. The van der Waals surface area contributed by atoms with Gasteiger partial charge in [-0.3, -0.25) is 24.5 Å². The van der Waals surface area contributed by atoms with E-state index in [9.17, 15) is 14.4 Å². The minimum atomic E-state index is -0.547. The third-order valence-corrected chi connectivity index (χ3v) is 4.13. The van der Waals surface area contributed by atoms with Crippen molar-refractivity contribution >= 4 is 28.8 Å². The molecule has 2 heterocycles. The summed E-state index contributed by atoms with van der Waals surface area (Å²) >= 11 is 0. The monoisotopic (exact) mass is 347 g/mol. The number of carbonyl (C=O) groups is 3. The van der Waals surface area contributed by atoms with Crippen molar-refractivity contribution in [3.05, 3.63) is 71.5 Å². The quantitative estimate of drug-likeness (QED) is 0.530. The van der Waals surface area contributed by atoms with Crippen molar-refractivity contribution in [3.8, 4) is 0 Å². The van der Waals surface area contributed by atoms with Crippen LogP contribution in [0, 0.1) is 0 Å². The molecule has 0 aliphatic carbocycles. The highest BCUT2D eigenvalue weighted by Crippen LogP contribution is 2.22. The van der Waals surface area contributed by atoms with Crippen molar-refractivity contribution < 1.29 is 19.1 Å². The summed E-state index contributed by atoms with van der Waals surface area (Å²) in [6.07, 6.45) is 3.11. The molecule has 4 rings (SSSR count). The molecule has 0 bridgehead atoms. The summed E-state index contributed by atoms with van der Waals surface area (Å²) in [5.74, 6) is -1.29. The molecule has 0 spiro atoms. The van der Waals surface area contributed by atoms with Gasteiger partial charge in [0.2, 0.25) is 0 Å². The van der Waals surface area contributed by atoms with E-state index in [2.05, 4.69) is 9.97 Å². The lowest BCUT2D eigenvalue weighted by Crippen LogP contribution is -2.33. The number of nitrogens with zero attached hydrogens (tertiary/aromatic N) is 3. The summed E-state index contributed by atoms with van der Waals surface area (Å²) in [5.41, 5.74) is 2.34. The number of hydrogen-bond donors (Lipinski definition) is 0. The van der Waals surface area contributed by atoms with Crippen LogP contribution in [0.3, 0.4) is 0 Å². The zero-order chi connectivity index (χ0) is 18.1. The van der Waals surface area contributed by atoms with Crippen LogP contribution in [0.1, 0.15) is 31.1 Å². The Balaban J connectivity index is 1.41. The Hall–Kier alpha value is -3.61. The maximum Gasteiger partial charge on any atom is 0.338 e. The predicted octanol–water partition coefficient (Wildman–Crippen LogP) is 2.08. The normalized spacial score (nSPS) is 13.2. The van der Waals surface area contributed by atoms with E-state index in [1.165, 1.54) is 0 Å². The molecule has 2 aromatic carbocycles. The zero-order valence-electron chi connectivity index (χ0n) is 13.6. The van der Waals surface area contributed by atoms with Crippen molar-refractivity contribution in [1.82, 2.24) is 14.9 Å². The molecule has 0 atom stereocenters.